The lowest BCUT2D eigenvalue weighted by Crippen LogP contribution is -2.19. The second kappa shape index (κ2) is 5.35. The van der Waals surface area contributed by atoms with E-state index in [4.69, 9.17) is 28.9 Å². The van der Waals surface area contributed by atoms with E-state index in [1.807, 2.05) is 12.1 Å². The first-order valence-electron chi connectivity index (χ1n) is 6.10. The van der Waals surface area contributed by atoms with Crippen LogP contribution in [0.1, 0.15) is 0 Å². The van der Waals surface area contributed by atoms with Crippen LogP contribution in [0.4, 0.5) is 0 Å². The number of halogens is 2. The number of imidazole rings is 1. The number of carbonyl (C=O) groups excluding carboxylic acids is 1. The van der Waals surface area contributed by atoms with Crippen LogP contribution in [0.3, 0.4) is 0 Å². The summed E-state index contributed by atoms with van der Waals surface area (Å²) in [5.74, 6) is 0.155. The highest BCUT2D eigenvalue weighted by molar-refractivity contribution is 6.30. The fourth-order valence-electron chi connectivity index (χ4n) is 2.14. The Labute approximate surface area is 130 Å². The van der Waals surface area contributed by atoms with Crippen molar-refractivity contribution in [2.24, 2.45) is 5.73 Å². The number of amides is 1. The van der Waals surface area contributed by atoms with E-state index in [1.165, 1.54) is 0 Å². The van der Waals surface area contributed by atoms with Crippen LogP contribution in [0.5, 0.6) is 0 Å². The first-order valence-corrected chi connectivity index (χ1v) is 6.86. The first kappa shape index (κ1) is 13.9. The molecule has 1 amide bonds. The molecule has 5 nitrogen and oxygen atoms in total. The summed E-state index contributed by atoms with van der Waals surface area (Å²) in [4.78, 5) is 19.8. The third-order valence-corrected chi connectivity index (χ3v) is 3.48. The Kier molecular flexibility index (Phi) is 3.53. The summed E-state index contributed by atoms with van der Waals surface area (Å²) in [6.07, 6.45) is 1.56. The molecule has 0 bridgehead atoms. The summed E-state index contributed by atoms with van der Waals surface area (Å²) >= 11 is 11.8. The number of benzene rings is 1. The number of nitrogens with zero attached hydrogens (tertiary/aromatic N) is 3. The van der Waals surface area contributed by atoms with Gasteiger partial charge in [-0.3, -0.25) is 4.79 Å². The summed E-state index contributed by atoms with van der Waals surface area (Å²) in [6, 6.07) is 8.84. The van der Waals surface area contributed by atoms with Crippen molar-refractivity contribution in [3.05, 3.63) is 46.7 Å². The number of primary amides is 1. The highest BCUT2D eigenvalue weighted by Gasteiger charge is 2.15. The Morgan fingerprint density at radius 1 is 1.24 bits per heavy atom. The predicted octanol–water partition coefficient (Wildman–Crippen LogP) is 2.89. The van der Waals surface area contributed by atoms with Crippen molar-refractivity contribution in [2.45, 2.75) is 6.54 Å². The van der Waals surface area contributed by atoms with E-state index < -0.39 is 5.91 Å². The minimum atomic E-state index is -0.461. The van der Waals surface area contributed by atoms with Crippen molar-refractivity contribution >= 4 is 40.1 Å². The van der Waals surface area contributed by atoms with E-state index in [-0.39, 0.29) is 6.54 Å². The maximum Gasteiger partial charge on any atom is 0.237 e. The second-order valence-corrected chi connectivity index (χ2v) is 5.31. The minimum Gasteiger partial charge on any atom is -0.368 e. The quantitative estimate of drug-likeness (QED) is 0.754. The van der Waals surface area contributed by atoms with Crippen LogP contribution in [0.15, 0.2) is 36.5 Å². The second-order valence-electron chi connectivity index (χ2n) is 4.49. The smallest absolute Gasteiger partial charge is 0.237 e. The van der Waals surface area contributed by atoms with Crippen LogP contribution < -0.4 is 5.73 Å². The molecule has 3 rings (SSSR count). The van der Waals surface area contributed by atoms with Gasteiger partial charge in [-0.25, -0.2) is 9.97 Å². The lowest BCUT2D eigenvalue weighted by Gasteiger charge is -2.07. The number of rotatable bonds is 3. The van der Waals surface area contributed by atoms with Gasteiger partial charge in [-0.2, -0.15) is 0 Å². The monoisotopic (exact) mass is 320 g/mol. The highest BCUT2D eigenvalue weighted by atomic mass is 35.5. The molecule has 0 fully saturated rings. The number of nitrogens with two attached hydrogens (primary N) is 1. The number of hydrogen-bond donors (Lipinski definition) is 1. The molecule has 0 aliphatic heterocycles. The van der Waals surface area contributed by atoms with E-state index >= 15 is 0 Å². The van der Waals surface area contributed by atoms with Crippen LogP contribution >= 0.6 is 23.2 Å². The van der Waals surface area contributed by atoms with Gasteiger partial charge in [0.2, 0.25) is 5.91 Å². The maximum atomic E-state index is 11.3. The summed E-state index contributed by atoms with van der Waals surface area (Å²) < 4.78 is 1.72. The van der Waals surface area contributed by atoms with Crippen molar-refractivity contribution in [1.82, 2.24) is 14.5 Å². The Morgan fingerprint density at radius 3 is 2.62 bits per heavy atom. The fraction of sp³-hybridized carbons (Fsp3) is 0.0714. The zero-order valence-electron chi connectivity index (χ0n) is 10.8. The minimum absolute atomic E-state index is 0.00873. The third kappa shape index (κ3) is 2.70. The van der Waals surface area contributed by atoms with Gasteiger partial charge in [-0.15, -0.1) is 0 Å². The molecule has 0 radical (unpaired) electrons. The standard InChI is InChI=1S/C14H10Cl2N4O/c15-9-3-1-8(2-4-9)14-19-10-6-18-12(16)5-11(10)20(14)7-13(17)21/h1-6H,7H2,(H2,17,21). The maximum absolute atomic E-state index is 11.3. The molecule has 0 aliphatic carbocycles. The molecule has 106 valence electrons. The topological polar surface area (TPSA) is 73.8 Å². The molecule has 3 aromatic rings. The fourth-order valence-corrected chi connectivity index (χ4v) is 2.42. The zero-order chi connectivity index (χ0) is 15.0. The van der Waals surface area contributed by atoms with E-state index in [2.05, 4.69) is 9.97 Å². The molecule has 0 saturated carbocycles. The van der Waals surface area contributed by atoms with Gasteiger partial charge >= 0.3 is 0 Å². The van der Waals surface area contributed by atoms with E-state index in [9.17, 15) is 4.79 Å². The summed E-state index contributed by atoms with van der Waals surface area (Å²) in [5, 5.41) is 0.955. The number of fused-ring (bicyclic) bond motifs is 1. The molecule has 1 aromatic carbocycles. The van der Waals surface area contributed by atoms with E-state index in [0.29, 0.717) is 27.0 Å². The average Bonchev–Trinajstić information content (AvgIpc) is 2.77. The van der Waals surface area contributed by atoms with Crippen LogP contribution in [-0.2, 0) is 11.3 Å². The zero-order valence-corrected chi connectivity index (χ0v) is 12.3. The molecule has 0 atom stereocenters. The lowest BCUT2D eigenvalue weighted by molar-refractivity contribution is -0.118. The summed E-state index contributed by atoms with van der Waals surface area (Å²) in [7, 11) is 0. The van der Waals surface area contributed by atoms with Gasteiger partial charge in [-0.1, -0.05) is 23.2 Å². The van der Waals surface area contributed by atoms with Crippen molar-refractivity contribution in [2.75, 3.05) is 0 Å². The number of aromatic nitrogens is 3. The Hall–Kier alpha value is -2.11. The Bertz CT molecular complexity index is 827. The van der Waals surface area contributed by atoms with Crippen LogP contribution in [0.25, 0.3) is 22.4 Å². The van der Waals surface area contributed by atoms with Gasteiger partial charge in [0, 0.05) is 16.7 Å². The molecule has 0 saturated heterocycles. The molecular formula is C14H10Cl2N4O. The van der Waals surface area contributed by atoms with Gasteiger partial charge in [0.05, 0.1) is 11.7 Å². The number of pyridine rings is 1. The van der Waals surface area contributed by atoms with Crippen molar-refractivity contribution in [1.29, 1.82) is 0 Å². The van der Waals surface area contributed by atoms with E-state index in [0.717, 1.165) is 5.56 Å². The number of hydrogen-bond acceptors (Lipinski definition) is 3. The van der Waals surface area contributed by atoms with E-state index in [1.54, 1.807) is 29.0 Å². The van der Waals surface area contributed by atoms with Gasteiger partial charge in [0.15, 0.2) is 0 Å². The summed E-state index contributed by atoms with van der Waals surface area (Å²) in [6.45, 7) is 0.00873. The van der Waals surface area contributed by atoms with Gasteiger partial charge in [0.1, 0.15) is 23.0 Å². The highest BCUT2D eigenvalue weighted by Crippen LogP contribution is 2.26. The van der Waals surface area contributed by atoms with Crippen LogP contribution in [0.2, 0.25) is 10.2 Å². The summed E-state index contributed by atoms with van der Waals surface area (Å²) in [5.41, 5.74) is 7.50. The molecule has 2 aromatic heterocycles. The van der Waals surface area contributed by atoms with Crippen LogP contribution in [-0.4, -0.2) is 20.4 Å². The average molecular weight is 321 g/mol. The van der Waals surface area contributed by atoms with Crippen molar-refractivity contribution in [3.8, 4) is 11.4 Å². The Morgan fingerprint density at radius 2 is 1.95 bits per heavy atom. The van der Waals surface area contributed by atoms with Gasteiger partial charge in [-0.05, 0) is 24.3 Å². The van der Waals surface area contributed by atoms with Crippen molar-refractivity contribution in [3.63, 3.8) is 0 Å². The molecule has 0 spiro atoms. The lowest BCUT2D eigenvalue weighted by atomic mass is 10.2. The molecular weight excluding hydrogens is 311 g/mol. The van der Waals surface area contributed by atoms with Crippen LogP contribution in [0, 0.1) is 0 Å². The SMILES string of the molecule is NC(=O)Cn1c(-c2ccc(Cl)cc2)nc2cnc(Cl)cc21. The molecule has 21 heavy (non-hydrogen) atoms. The van der Waals surface area contributed by atoms with Gasteiger partial charge in [0.25, 0.3) is 0 Å². The van der Waals surface area contributed by atoms with Crippen molar-refractivity contribution < 1.29 is 4.79 Å². The molecule has 0 unspecified atom stereocenters. The number of carbonyl (C=O) groups is 1. The molecule has 2 heterocycles. The largest absolute Gasteiger partial charge is 0.368 e. The molecule has 0 aliphatic rings. The molecule has 2 N–H and O–H groups in total. The third-order valence-electron chi connectivity index (χ3n) is 3.02. The Balaban J connectivity index is 2.25. The first-order chi connectivity index (χ1) is 10.0. The predicted molar refractivity (Wildman–Crippen MR) is 82.2 cm³/mol. The molecule has 7 heteroatoms. The van der Waals surface area contributed by atoms with Gasteiger partial charge < -0.3 is 10.3 Å². The normalized spacial score (nSPS) is 11.0.